The third-order valence-corrected chi connectivity index (χ3v) is 6.22. The quantitative estimate of drug-likeness (QED) is 0.721. The number of hydrogen-bond acceptors (Lipinski definition) is 6. The summed E-state index contributed by atoms with van der Waals surface area (Å²) >= 11 is 0. The zero-order chi connectivity index (χ0) is 20.6. The van der Waals surface area contributed by atoms with Crippen molar-refractivity contribution in [3.05, 3.63) is 12.4 Å². The van der Waals surface area contributed by atoms with Crippen molar-refractivity contribution in [2.75, 3.05) is 56.0 Å². The Morgan fingerprint density at radius 2 is 2.00 bits per heavy atom. The molecule has 0 bridgehead atoms. The summed E-state index contributed by atoms with van der Waals surface area (Å²) in [5, 5.41) is 3.34. The first-order chi connectivity index (χ1) is 14.1. The molecular weight excluding hydrogens is 364 g/mol. The summed E-state index contributed by atoms with van der Waals surface area (Å²) in [6.45, 7) is 13.3. The van der Waals surface area contributed by atoms with Crippen LogP contribution in [0.15, 0.2) is 12.4 Å². The molecule has 2 aliphatic rings. The van der Waals surface area contributed by atoms with Crippen LogP contribution in [-0.2, 0) is 4.79 Å². The number of rotatable bonds is 8. The lowest BCUT2D eigenvalue weighted by Gasteiger charge is -2.37. The molecule has 3 rings (SSSR count). The van der Waals surface area contributed by atoms with Gasteiger partial charge in [-0.05, 0) is 45.4 Å². The maximum absolute atomic E-state index is 12.7. The number of amides is 1. The molecule has 162 valence electrons. The summed E-state index contributed by atoms with van der Waals surface area (Å²) in [7, 11) is 0. The fourth-order valence-electron chi connectivity index (χ4n) is 4.35. The van der Waals surface area contributed by atoms with E-state index in [2.05, 4.69) is 56.8 Å². The highest BCUT2D eigenvalue weighted by Gasteiger charge is 2.25. The van der Waals surface area contributed by atoms with E-state index >= 15 is 0 Å². The topological polar surface area (TPSA) is 64.6 Å². The number of aromatic nitrogens is 2. The molecule has 7 nitrogen and oxygen atoms in total. The number of carbonyl (C=O) groups excluding carboxylic acids is 1. The van der Waals surface area contributed by atoms with Crippen molar-refractivity contribution in [3.63, 3.8) is 0 Å². The maximum Gasteiger partial charge on any atom is 0.222 e. The van der Waals surface area contributed by atoms with E-state index in [9.17, 15) is 4.79 Å². The minimum absolute atomic E-state index is 0.332. The summed E-state index contributed by atoms with van der Waals surface area (Å²) in [4.78, 5) is 28.4. The second-order valence-electron chi connectivity index (χ2n) is 8.69. The Labute approximate surface area is 175 Å². The van der Waals surface area contributed by atoms with Gasteiger partial charge < -0.3 is 15.1 Å². The van der Waals surface area contributed by atoms with Gasteiger partial charge in [0, 0.05) is 64.3 Å². The molecule has 1 atom stereocenters. The highest BCUT2D eigenvalue weighted by atomic mass is 16.2. The molecule has 1 aromatic heterocycles. The number of nitrogens with zero attached hydrogens (tertiary/aromatic N) is 5. The normalized spacial score (nSPS) is 20.9. The number of carbonyl (C=O) groups is 1. The molecule has 0 aliphatic carbocycles. The molecule has 1 aromatic rings. The molecule has 2 saturated heterocycles. The van der Waals surface area contributed by atoms with E-state index < -0.39 is 0 Å². The fraction of sp³-hybridized carbons (Fsp3) is 0.773. The Morgan fingerprint density at radius 1 is 1.21 bits per heavy atom. The van der Waals surface area contributed by atoms with Crippen molar-refractivity contribution in [2.45, 2.75) is 58.9 Å². The van der Waals surface area contributed by atoms with Crippen LogP contribution < -0.4 is 10.2 Å². The van der Waals surface area contributed by atoms with Crippen LogP contribution >= 0.6 is 0 Å². The van der Waals surface area contributed by atoms with Crippen molar-refractivity contribution < 1.29 is 4.79 Å². The van der Waals surface area contributed by atoms with Gasteiger partial charge in [-0.25, -0.2) is 9.97 Å². The van der Waals surface area contributed by atoms with E-state index in [-0.39, 0.29) is 0 Å². The lowest BCUT2D eigenvalue weighted by atomic mass is 9.93. The Balaban J connectivity index is 1.46. The fourth-order valence-corrected chi connectivity index (χ4v) is 4.35. The second-order valence-corrected chi connectivity index (χ2v) is 8.69. The van der Waals surface area contributed by atoms with Crippen molar-refractivity contribution in [2.24, 2.45) is 5.92 Å². The Hall–Kier alpha value is -1.89. The molecule has 1 N–H and O–H groups in total. The van der Waals surface area contributed by atoms with Gasteiger partial charge in [0.2, 0.25) is 5.91 Å². The average molecular weight is 403 g/mol. The van der Waals surface area contributed by atoms with Crippen LogP contribution in [0.25, 0.3) is 0 Å². The lowest BCUT2D eigenvalue weighted by Crippen LogP contribution is -2.50. The van der Waals surface area contributed by atoms with Gasteiger partial charge >= 0.3 is 0 Å². The smallest absolute Gasteiger partial charge is 0.222 e. The van der Waals surface area contributed by atoms with E-state index in [0.29, 0.717) is 24.3 Å². The van der Waals surface area contributed by atoms with E-state index in [1.807, 2.05) is 0 Å². The molecule has 0 radical (unpaired) electrons. The van der Waals surface area contributed by atoms with E-state index in [1.165, 1.54) is 6.42 Å². The highest BCUT2D eigenvalue weighted by molar-refractivity contribution is 5.76. The lowest BCUT2D eigenvalue weighted by molar-refractivity contribution is -0.133. The van der Waals surface area contributed by atoms with Crippen molar-refractivity contribution in [1.82, 2.24) is 19.8 Å². The van der Waals surface area contributed by atoms with Crippen molar-refractivity contribution in [1.29, 1.82) is 0 Å². The van der Waals surface area contributed by atoms with Gasteiger partial charge in [-0.15, -0.1) is 0 Å². The molecule has 1 amide bonds. The first kappa shape index (κ1) is 21.8. The van der Waals surface area contributed by atoms with Crippen LogP contribution in [0.1, 0.15) is 52.9 Å². The van der Waals surface area contributed by atoms with E-state index in [4.69, 9.17) is 0 Å². The molecule has 7 heteroatoms. The van der Waals surface area contributed by atoms with Crippen LogP contribution in [0.2, 0.25) is 0 Å². The Kier molecular flexibility index (Phi) is 8.09. The summed E-state index contributed by atoms with van der Waals surface area (Å²) < 4.78 is 0. The van der Waals surface area contributed by atoms with Crippen LogP contribution in [-0.4, -0.2) is 77.5 Å². The van der Waals surface area contributed by atoms with Crippen LogP contribution in [0.4, 0.5) is 11.6 Å². The molecule has 2 fully saturated rings. The molecule has 0 aromatic carbocycles. The van der Waals surface area contributed by atoms with Crippen LogP contribution in [0.3, 0.4) is 0 Å². The minimum Gasteiger partial charge on any atom is -0.370 e. The third kappa shape index (κ3) is 6.29. The summed E-state index contributed by atoms with van der Waals surface area (Å²) in [5.74, 6) is 2.79. The number of nitrogens with one attached hydrogen (secondary N) is 1. The SMILES string of the molecule is CCCNc1cc(N2CCC[C@@H](CCC(=O)N3CCN(C(C)C)CC3)C2)ncn1. The highest BCUT2D eigenvalue weighted by Crippen LogP contribution is 2.26. The monoisotopic (exact) mass is 402 g/mol. The zero-order valence-corrected chi connectivity index (χ0v) is 18.4. The zero-order valence-electron chi connectivity index (χ0n) is 18.4. The number of hydrogen-bond donors (Lipinski definition) is 1. The van der Waals surface area contributed by atoms with Crippen LogP contribution in [0, 0.1) is 5.92 Å². The Morgan fingerprint density at radius 3 is 2.72 bits per heavy atom. The molecule has 2 aliphatic heterocycles. The summed E-state index contributed by atoms with van der Waals surface area (Å²) in [6, 6.07) is 2.62. The van der Waals surface area contributed by atoms with E-state index in [1.54, 1.807) is 6.33 Å². The molecule has 3 heterocycles. The number of piperidine rings is 1. The molecule has 0 spiro atoms. The third-order valence-electron chi connectivity index (χ3n) is 6.22. The standard InChI is InChI=1S/C22H38N6O/c1-4-9-23-20-15-21(25-17-24-20)28-10-5-6-19(16-28)7-8-22(29)27-13-11-26(12-14-27)18(2)3/h15,17-19H,4-14,16H2,1-3H3,(H,23,24,25)/t19-/m0/s1. The molecular formula is C22H38N6O. The summed E-state index contributed by atoms with van der Waals surface area (Å²) in [6.07, 6.45) is 6.74. The van der Waals surface area contributed by atoms with Gasteiger partial charge in [0.15, 0.2) is 0 Å². The maximum atomic E-state index is 12.7. The van der Waals surface area contributed by atoms with Gasteiger partial charge in [-0.1, -0.05) is 6.92 Å². The molecule has 0 saturated carbocycles. The largest absolute Gasteiger partial charge is 0.370 e. The van der Waals surface area contributed by atoms with Crippen LogP contribution in [0.5, 0.6) is 0 Å². The van der Waals surface area contributed by atoms with Crippen molar-refractivity contribution >= 4 is 17.5 Å². The Bertz CT molecular complexity index is 644. The van der Waals surface area contributed by atoms with Gasteiger partial charge in [-0.3, -0.25) is 9.69 Å². The first-order valence-corrected chi connectivity index (χ1v) is 11.4. The second kappa shape index (κ2) is 10.8. The van der Waals surface area contributed by atoms with Gasteiger partial charge in [0.05, 0.1) is 0 Å². The number of piperazine rings is 1. The minimum atomic E-state index is 0.332. The predicted octanol–water partition coefficient (Wildman–Crippen LogP) is 2.85. The number of anilines is 2. The van der Waals surface area contributed by atoms with Gasteiger partial charge in [0.25, 0.3) is 0 Å². The average Bonchev–Trinajstić information content (AvgIpc) is 2.76. The predicted molar refractivity (Wildman–Crippen MR) is 118 cm³/mol. The molecule has 29 heavy (non-hydrogen) atoms. The first-order valence-electron chi connectivity index (χ1n) is 11.4. The summed E-state index contributed by atoms with van der Waals surface area (Å²) in [5.41, 5.74) is 0. The van der Waals surface area contributed by atoms with Gasteiger partial charge in [-0.2, -0.15) is 0 Å². The molecule has 0 unspecified atom stereocenters. The van der Waals surface area contributed by atoms with Crippen molar-refractivity contribution in [3.8, 4) is 0 Å². The van der Waals surface area contributed by atoms with E-state index in [0.717, 1.165) is 76.7 Å². The van der Waals surface area contributed by atoms with Gasteiger partial charge in [0.1, 0.15) is 18.0 Å².